The Morgan fingerprint density at radius 2 is 1.44 bits per heavy atom. The van der Waals surface area contributed by atoms with Crippen LogP contribution in [0.5, 0.6) is 5.75 Å². The number of esters is 3. The molecule has 0 radical (unpaired) electrons. The molecule has 0 saturated carbocycles. The fraction of sp³-hybridized carbons (Fsp3) is 0.583. The minimum atomic E-state index is -1.17. The molecule has 34 heavy (non-hydrogen) atoms. The number of nitrogens with one attached hydrogen (secondary N) is 1. The summed E-state index contributed by atoms with van der Waals surface area (Å²) in [5.41, 5.74) is 1.02. The average Bonchev–Trinajstić information content (AvgIpc) is 2.69. The molecule has 1 aromatic rings. The second-order valence-corrected chi connectivity index (χ2v) is 9.11. The van der Waals surface area contributed by atoms with Crippen LogP contribution >= 0.6 is 0 Å². The van der Waals surface area contributed by atoms with Crippen molar-refractivity contribution in [3.63, 3.8) is 0 Å². The van der Waals surface area contributed by atoms with Crippen LogP contribution in [0.25, 0.3) is 0 Å². The predicted octanol–water partition coefficient (Wildman–Crippen LogP) is 2.02. The molecule has 0 spiro atoms. The number of ether oxygens (including phenoxy) is 5. The molecule has 1 saturated heterocycles. The van der Waals surface area contributed by atoms with E-state index in [9.17, 15) is 19.2 Å². The Labute approximate surface area is 199 Å². The van der Waals surface area contributed by atoms with E-state index in [1.54, 1.807) is 12.1 Å². The van der Waals surface area contributed by atoms with Gasteiger partial charge in [0.25, 0.3) is 0 Å². The first kappa shape index (κ1) is 27.1. The van der Waals surface area contributed by atoms with E-state index in [0.717, 1.165) is 5.56 Å². The van der Waals surface area contributed by atoms with Crippen molar-refractivity contribution in [3.05, 3.63) is 29.8 Å². The third-order valence-corrected chi connectivity index (χ3v) is 5.04. The quantitative estimate of drug-likeness (QED) is 0.462. The third kappa shape index (κ3) is 7.72. The van der Waals surface area contributed by atoms with E-state index < -0.39 is 54.5 Å². The maximum Gasteiger partial charge on any atom is 0.303 e. The number of carbonyl (C=O) groups is 4. The lowest BCUT2D eigenvalue weighted by atomic mass is 9.87. The molecular weight excluding hydrogens is 446 g/mol. The third-order valence-electron chi connectivity index (χ3n) is 5.04. The minimum Gasteiger partial charge on any atom is -0.463 e. The summed E-state index contributed by atoms with van der Waals surface area (Å²) < 4.78 is 27.9. The van der Waals surface area contributed by atoms with Gasteiger partial charge < -0.3 is 29.0 Å². The first-order valence-corrected chi connectivity index (χ1v) is 11.0. The van der Waals surface area contributed by atoms with Crippen LogP contribution in [0.3, 0.4) is 0 Å². The number of hydrogen-bond acceptors (Lipinski definition) is 9. The highest BCUT2D eigenvalue weighted by Crippen LogP contribution is 2.30. The molecule has 10 heteroatoms. The van der Waals surface area contributed by atoms with Crippen molar-refractivity contribution in [3.8, 4) is 5.75 Å². The van der Waals surface area contributed by atoms with Crippen LogP contribution in [-0.4, -0.2) is 61.1 Å². The second-order valence-electron chi connectivity index (χ2n) is 9.11. The molecule has 1 aromatic carbocycles. The Morgan fingerprint density at radius 3 is 1.91 bits per heavy atom. The molecule has 5 atom stereocenters. The van der Waals surface area contributed by atoms with Crippen molar-refractivity contribution in [2.75, 3.05) is 6.61 Å². The smallest absolute Gasteiger partial charge is 0.303 e. The Bertz CT molecular complexity index is 891. The van der Waals surface area contributed by atoms with Crippen LogP contribution in [0.1, 0.15) is 54.0 Å². The minimum absolute atomic E-state index is 0.0641. The van der Waals surface area contributed by atoms with E-state index in [0.29, 0.717) is 5.75 Å². The molecular formula is C24H33NO9. The van der Waals surface area contributed by atoms with Crippen molar-refractivity contribution >= 4 is 23.8 Å². The van der Waals surface area contributed by atoms with Crippen LogP contribution in [-0.2, 0) is 43.5 Å². The topological polar surface area (TPSA) is 126 Å². The molecule has 1 N–H and O–H groups in total. The van der Waals surface area contributed by atoms with Gasteiger partial charge in [-0.3, -0.25) is 19.2 Å². The van der Waals surface area contributed by atoms with Gasteiger partial charge in [-0.2, -0.15) is 0 Å². The van der Waals surface area contributed by atoms with E-state index in [1.807, 2.05) is 12.1 Å². The van der Waals surface area contributed by atoms with E-state index in [4.69, 9.17) is 23.7 Å². The first-order chi connectivity index (χ1) is 15.8. The van der Waals surface area contributed by atoms with Crippen molar-refractivity contribution in [1.82, 2.24) is 5.32 Å². The SMILES string of the molecule is CC(=O)N[C@H]1[C@H](Oc2ccc(C(C)(C)C)cc2)O[C@H](COC(C)=O)[C@@H](OC(C)=O)[C@@H]1OC(C)=O. The van der Waals surface area contributed by atoms with E-state index >= 15 is 0 Å². The molecule has 10 nitrogen and oxygen atoms in total. The molecule has 1 amide bonds. The second kappa shape index (κ2) is 11.3. The fourth-order valence-corrected chi connectivity index (χ4v) is 3.56. The number of benzene rings is 1. The van der Waals surface area contributed by atoms with Gasteiger partial charge in [0.1, 0.15) is 24.5 Å². The summed E-state index contributed by atoms with van der Waals surface area (Å²) in [5, 5.41) is 2.67. The van der Waals surface area contributed by atoms with E-state index in [-0.39, 0.29) is 12.0 Å². The molecule has 1 aliphatic heterocycles. The molecule has 0 aliphatic carbocycles. The highest BCUT2D eigenvalue weighted by molar-refractivity contribution is 5.73. The molecule has 188 valence electrons. The Hall–Kier alpha value is -3.14. The van der Waals surface area contributed by atoms with Gasteiger partial charge in [0, 0.05) is 27.7 Å². The number of hydrogen-bond donors (Lipinski definition) is 1. The monoisotopic (exact) mass is 479 g/mol. The van der Waals surface area contributed by atoms with Crippen molar-refractivity contribution < 1.29 is 42.9 Å². The van der Waals surface area contributed by atoms with Gasteiger partial charge >= 0.3 is 17.9 Å². The molecule has 1 aliphatic rings. The normalized spacial score (nSPS) is 24.5. The lowest BCUT2D eigenvalue weighted by Gasteiger charge is -2.44. The van der Waals surface area contributed by atoms with Crippen LogP contribution < -0.4 is 10.1 Å². The predicted molar refractivity (Wildman–Crippen MR) is 120 cm³/mol. The molecule has 0 bridgehead atoms. The molecule has 0 unspecified atom stereocenters. The van der Waals surface area contributed by atoms with Crippen LogP contribution in [0.15, 0.2) is 24.3 Å². The summed E-state index contributed by atoms with van der Waals surface area (Å²) in [6.45, 7) is 10.8. The van der Waals surface area contributed by atoms with E-state index in [1.165, 1.54) is 27.7 Å². The maximum absolute atomic E-state index is 12.0. The number of rotatable bonds is 7. The van der Waals surface area contributed by atoms with Crippen LogP contribution in [0.4, 0.5) is 0 Å². The van der Waals surface area contributed by atoms with Crippen molar-refractivity contribution in [2.45, 2.75) is 84.5 Å². The van der Waals surface area contributed by atoms with Gasteiger partial charge in [0.2, 0.25) is 12.2 Å². The van der Waals surface area contributed by atoms with Gasteiger partial charge in [-0.1, -0.05) is 32.9 Å². The lowest BCUT2D eigenvalue weighted by molar-refractivity contribution is -0.257. The molecule has 0 aromatic heterocycles. The van der Waals surface area contributed by atoms with Crippen molar-refractivity contribution in [1.29, 1.82) is 0 Å². The van der Waals surface area contributed by atoms with Gasteiger partial charge in [-0.25, -0.2) is 0 Å². The van der Waals surface area contributed by atoms with Gasteiger partial charge in [0.15, 0.2) is 12.2 Å². The summed E-state index contributed by atoms with van der Waals surface area (Å²) in [6, 6.07) is 6.31. The van der Waals surface area contributed by atoms with Gasteiger partial charge in [-0.05, 0) is 23.1 Å². The van der Waals surface area contributed by atoms with Gasteiger partial charge in [0.05, 0.1) is 0 Å². The fourth-order valence-electron chi connectivity index (χ4n) is 3.56. The summed E-state index contributed by atoms with van der Waals surface area (Å²) in [5.74, 6) is -1.92. The summed E-state index contributed by atoms with van der Waals surface area (Å²) in [4.78, 5) is 47.1. The zero-order valence-electron chi connectivity index (χ0n) is 20.6. The summed E-state index contributed by atoms with van der Waals surface area (Å²) in [7, 11) is 0. The molecule has 1 heterocycles. The average molecular weight is 480 g/mol. The number of amides is 1. The van der Waals surface area contributed by atoms with E-state index in [2.05, 4.69) is 26.1 Å². The maximum atomic E-state index is 12.0. The Kier molecular flexibility index (Phi) is 9.03. The largest absolute Gasteiger partial charge is 0.463 e. The first-order valence-electron chi connectivity index (χ1n) is 11.0. The van der Waals surface area contributed by atoms with Gasteiger partial charge in [-0.15, -0.1) is 0 Å². The molecule has 1 fully saturated rings. The van der Waals surface area contributed by atoms with Crippen molar-refractivity contribution in [2.24, 2.45) is 0 Å². The zero-order chi connectivity index (χ0) is 25.6. The standard InChI is InChI=1S/C24H33NO9/c1-13(26)25-20-22(32-16(4)29)21(31-15(3)28)19(12-30-14(2)27)34-23(20)33-18-10-8-17(9-11-18)24(5,6)7/h8-11,19-23H,12H2,1-7H3,(H,25,26)/t19-,20-,21-,22-,23-/m1/s1. The number of carbonyl (C=O) groups excluding carboxylic acids is 4. The Morgan fingerprint density at radius 1 is 0.882 bits per heavy atom. The Balaban J connectivity index is 2.43. The summed E-state index contributed by atoms with van der Waals surface area (Å²) >= 11 is 0. The van der Waals surface area contributed by atoms with Crippen LogP contribution in [0, 0.1) is 0 Å². The lowest BCUT2D eigenvalue weighted by Crippen LogP contribution is -2.67. The zero-order valence-corrected chi connectivity index (χ0v) is 20.6. The highest BCUT2D eigenvalue weighted by atomic mass is 16.7. The highest BCUT2D eigenvalue weighted by Gasteiger charge is 2.51. The van der Waals surface area contributed by atoms with Crippen LogP contribution in [0.2, 0.25) is 0 Å². The summed E-state index contributed by atoms with van der Waals surface area (Å²) in [6.07, 6.45) is -4.51. The molecule has 2 rings (SSSR count).